The van der Waals surface area contributed by atoms with Gasteiger partial charge < -0.3 is 10.1 Å². The number of esters is 1. The summed E-state index contributed by atoms with van der Waals surface area (Å²) in [4.78, 5) is 16.0. The topological polar surface area (TPSA) is 51.2 Å². The van der Waals surface area contributed by atoms with Crippen LogP contribution in [-0.4, -0.2) is 23.6 Å². The highest BCUT2D eigenvalue weighted by Crippen LogP contribution is 2.25. The first-order chi connectivity index (χ1) is 7.54. The predicted octanol–water partition coefficient (Wildman–Crippen LogP) is 2.92. The maximum atomic E-state index is 11.3. The van der Waals surface area contributed by atoms with Crippen molar-refractivity contribution in [3.63, 3.8) is 0 Å². The second-order valence-electron chi connectivity index (χ2n) is 3.91. The molecular weight excluding hydrogens is 224 g/mol. The molecule has 5 heteroatoms. The molecule has 0 saturated heterocycles. The SMILES string of the molecule is CCC(C)(CC)Nc1ncc(C(=O)OC)s1. The number of nitrogens with zero attached hydrogens (tertiary/aromatic N) is 1. The largest absolute Gasteiger partial charge is 0.465 e. The molecule has 0 aliphatic rings. The standard InChI is InChI=1S/C11H18N2O2S/c1-5-11(3,6-2)13-10-12-7-8(16-10)9(14)15-4/h7H,5-6H2,1-4H3,(H,12,13). The number of aromatic nitrogens is 1. The Balaban J connectivity index is 2.75. The number of rotatable bonds is 5. The van der Waals surface area contributed by atoms with E-state index in [4.69, 9.17) is 0 Å². The number of hydrogen-bond acceptors (Lipinski definition) is 5. The summed E-state index contributed by atoms with van der Waals surface area (Å²) in [6.45, 7) is 6.41. The Labute approximate surface area is 100 Å². The molecule has 0 aromatic carbocycles. The van der Waals surface area contributed by atoms with Crippen LogP contribution >= 0.6 is 11.3 Å². The number of thiazole rings is 1. The lowest BCUT2D eigenvalue weighted by molar-refractivity contribution is 0.0606. The molecule has 0 fully saturated rings. The van der Waals surface area contributed by atoms with E-state index in [1.807, 2.05) is 0 Å². The lowest BCUT2D eigenvalue weighted by atomic mass is 9.96. The number of carbonyl (C=O) groups excluding carboxylic acids is 1. The molecule has 0 unspecified atom stereocenters. The molecule has 0 aliphatic carbocycles. The maximum Gasteiger partial charge on any atom is 0.349 e. The normalized spacial score (nSPS) is 11.2. The monoisotopic (exact) mass is 242 g/mol. The van der Waals surface area contributed by atoms with Crippen LogP contribution in [0.3, 0.4) is 0 Å². The van der Waals surface area contributed by atoms with Gasteiger partial charge in [-0.15, -0.1) is 0 Å². The van der Waals surface area contributed by atoms with E-state index in [-0.39, 0.29) is 11.5 Å². The van der Waals surface area contributed by atoms with E-state index >= 15 is 0 Å². The van der Waals surface area contributed by atoms with Gasteiger partial charge in [0.2, 0.25) is 0 Å². The van der Waals surface area contributed by atoms with Crippen LogP contribution in [0, 0.1) is 0 Å². The van der Waals surface area contributed by atoms with Gasteiger partial charge in [-0.1, -0.05) is 25.2 Å². The summed E-state index contributed by atoms with van der Waals surface area (Å²) >= 11 is 1.33. The number of methoxy groups -OCH3 is 1. The fourth-order valence-corrected chi connectivity index (χ4v) is 2.10. The van der Waals surface area contributed by atoms with E-state index in [0.29, 0.717) is 4.88 Å². The van der Waals surface area contributed by atoms with Crippen LogP contribution in [0.25, 0.3) is 0 Å². The van der Waals surface area contributed by atoms with Crippen molar-refractivity contribution in [3.8, 4) is 0 Å². The summed E-state index contributed by atoms with van der Waals surface area (Å²) < 4.78 is 4.64. The number of anilines is 1. The molecule has 1 N–H and O–H groups in total. The lowest BCUT2D eigenvalue weighted by Gasteiger charge is -2.27. The Hall–Kier alpha value is -1.10. The molecule has 1 aromatic heterocycles. The summed E-state index contributed by atoms with van der Waals surface area (Å²) in [5, 5.41) is 4.12. The predicted molar refractivity (Wildman–Crippen MR) is 66.1 cm³/mol. The van der Waals surface area contributed by atoms with Crippen molar-refractivity contribution in [2.45, 2.75) is 39.2 Å². The summed E-state index contributed by atoms with van der Waals surface area (Å²) in [6.07, 6.45) is 3.57. The number of hydrogen-bond donors (Lipinski definition) is 1. The molecule has 0 saturated carbocycles. The van der Waals surface area contributed by atoms with E-state index in [1.165, 1.54) is 18.4 Å². The van der Waals surface area contributed by atoms with Gasteiger partial charge in [0.25, 0.3) is 0 Å². The molecule has 1 aromatic rings. The molecule has 0 bridgehead atoms. The second kappa shape index (κ2) is 5.30. The van der Waals surface area contributed by atoms with Gasteiger partial charge in [-0.25, -0.2) is 9.78 Å². The number of carbonyl (C=O) groups is 1. The zero-order valence-electron chi connectivity index (χ0n) is 10.2. The average Bonchev–Trinajstić information content (AvgIpc) is 2.76. The van der Waals surface area contributed by atoms with E-state index in [1.54, 1.807) is 6.20 Å². The average molecular weight is 242 g/mol. The third kappa shape index (κ3) is 2.95. The summed E-state index contributed by atoms with van der Waals surface area (Å²) in [7, 11) is 1.37. The van der Waals surface area contributed by atoms with Crippen LogP contribution in [0.15, 0.2) is 6.20 Å². The molecule has 0 atom stereocenters. The van der Waals surface area contributed by atoms with Gasteiger partial charge in [0.15, 0.2) is 5.13 Å². The Kier molecular flexibility index (Phi) is 4.29. The van der Waals surface area contributed by atoms with E-state index in [9.17, 15) is 4.79 Å². The minimum Gasteiger partial charge on any atom is -0.465 e. The first-order valence-electron chi connectivity index (χ1n) is 5.37. The highest BCUT2D eigenvalue weighted by molar-refractivity contribution is 7.17. The van der Waals surface area contributed by atoms with Gasteiger partial charge in [-0.3, -0.25) is 0 Å². The van der Waals surface area contributed by atoms with Crippen molar-refractivity contribution < 1.29 is 9.53 Å². The zero-order valence-corrected chi connectivity index (χ0v) is 11.0. The Bertz CT molecular complexity index is 359. The summed E-state index contributed by atoms with van der Waals surface area (Å²) in [6, 6.07) is 0. The molecule has 16 heavy (non-hydrogen) atoms. The molecule has 0 amide bonds. The second-order valence-corrected chi connectivity index (χ2v) is 4.94. The van der Waals surface area contributed by atoms with Crippen LogP contribution in [-0.2, 0) is 4.74 Å². The third-order valence-electron chi connectivity index (χ3n) is 2.86. The Morgan fingerprint density at radius 1 is 1.56 bits per heavy atom. The fraction of sp³-hybridized carbons (Fsp3) is 0.636. The lowest BCUT2D eigenvalue weighted by Crippen LogP contribution is -2.32. The van der Waals surface area contributed by atoms with Crippen molar-refractivity contribution >= 4 is 22.4 Å². The molecule has 0 aliphatic heterocycles. The summed E-state index contributed by atoms with van der Waals surface area (Å²) in [5.74, 6) is -0.333. The van der Waals surface area contributed by atoms with E-state index in [2.05, 4.69) is 35.8 Å². The van der Waals surface area contributed by atoms with Gasteiger partial charge >= 0.3 is 5.97 Å². The molecule has 0 spiro atoms. The Morgan fingerprint density at radius 3 is 2.69 bits per heavy atom. The molecule has 90 valence electrons. The van der Waals surface area contributed by atoms with Gasteiger partial charge in [0.05, 0.1) is 13.3 Å². The van der Waals surface area contributed by atoms with Crippen LogP contribution in [0.4, 0.5) is 5.13 Å². The molecular formula is C11H18N2O2S. The maximum absolute atomic E-state index is 11.3. The highest BCUT2D eigenvalue weighted by Gasteiger charge is 2.21. The zero-order chi connectivity index (χ0) is 12.2. The number of nitrogens with one attached hydrogen (secondary N) is 1. The van der Waals surface area contributed by atoms with E-state index in [0.717, 1.165) is 18.0 Å². The smallest absolute Gasteiger partial charge is 0.349 e. The van der Waals surface area contributed by atoms with Gasteiger partial charge in [-0.05, 0) is 19.8 Å². The molecule has 1 heterocycles. The van der Waals surface area contributed by atoms with Crippen LogP contribution in [0.1, 0.15) is 43.3 Å². The first-order valence-corrected chi connectivity index (χ1v) is 6.18. The molecule has 0 radical (unpaired) electrons. The van der Waals surface area contributed by atoms with Gasteiger partial charge in [0, 0.05) is 5.54 Å². The van der Waals surface area contributed by atoms with E-state index < -0.39 is 0 Å². The van der Waals surface area contributed by atoms with Crippen LogP contribution in [0.2, 0.25) is 0 Å². The minimum absolute atomic E-state index is 0.0330. The van der Waals surface area contributed by atoms with Crippen molar-refractivity contribution in [2.75, 3.05) is 12.4 Å². The Morgan fingerprint density at radius 2 is 2.19 bits per heavy atom. The van der Waals surface area contributed by atoms with Gasteiger partial charge in [-0.2, -0.15) is 0 Å². The van der Waals surface area contributed by atoms with Crippen molar-refractivity contribution in [3.05, 3.63) is 11.1 Å². The number of ether oxygens (including phenoxy) is 1. The fourth-order valence-electron chi connectivity index (χ4n) is 1.21. The summed E-state index contributed by atoms with van der Waals surface area (Å²) in [5.41, 5.74) is 0.0330. The van der Waals surface area contributed by atoms with Crippen molar-refractivity contribution in [1.82, 2.24) is 4.98 Å². The van der Waals surface area contributed by atoms with Crippen molar-refractivity contribution in [2.24, 2.45) is 0 Å². The van der Waals surface area contributed by atoms with Crippen LogP contribution < -0.4 is 5.32 Å². The van der Waals surface area contributed by atoms with Crippen molar-refractivity contribution in [1.29, 1.82) is 0 Å². The molecule has 4 nitrogen and oxygen atoms in total. The quantitative estimate of drug-likeness (QED) is 0.807. The first kappa shape index (κ1) is 13.0. The van der Waals surface area contributed by atoms with Crippen LogP contribution in [0.5, 0.6) is 0 Å². The van der Waals surface area contributed by atoms with Gasteiger partial charge in [0.1, 0.15) is 4.88 Å². The minimum atomic E-state index is -0.333. The molecule has 1 rings (SSSR count). The third-order valence-corrected chi connectivity index (χ3v) is 3.75. The highest BCUT2D eigenvalue weighted by atomic mass is 32.1.